The fourth-order valence-corrected chi connectivity index (χ4v) is 2.33. The molecule has 0 saturated carbocycles. The topological polar surface area (TPSA) is 50.8 Å². The molecule has 0 bridgehead atoms. The van der Waals surface area contributed by atoms with Crippen LogP contribution in [0.15, 0.2) is 36.4 Å². The number of rotatable bonds is 3. The molecule has 0 spiro atoms. The quantitative estimate of drug-likeness (QED) is 0.942. The third-order valence-corrected chi connectivity index (χ3v) is 3.65. The van der Waals surface area contributed by atoms with Gasteiger partial charge in [0.05, 0.1) is 10.7 Å². The minimum Gasteiger partial charge on any atom is -0.454 e. The Morgan fingerprint density at radius 3 is 2.64 bits per heavy atom. The largest absolute Gasteiger partial charge is 0.454 e. The number of fused-ring (bicyclic) bond motifs is 1. The third-order valence-electron chi connectivity index (χ3n) is 3.34. The Morgan fingerprint density at radius 2 is 1.91 bits per heavy atom. The van der Waals surface area contributed by atoms with E-state index in [4.69, 9.17) is 21.1 Å². The normalized spacial score (nSPS) is 12.1. The maximum atomic E-state index is 12.4. The van der Waals surface area contributed by atoms with Gasteiger partial charge < -0.3 is 19.7 Å². The summed E-state index contributed by atoms with van der Waals surface area (Å²) in [5.74, 6) is 0.920. The van der Waals surface area contributed by atoms with Crippen molar-refractivity contribution in [3.05, 3.63) is 47.0 Å². The molecule has 0 unspecified atom stereocenters. The van der Waals surface area contributed by atoms with Gasteiger partial charge in [0.1, 0.15) is 0 Å². The second-order valence-electron chi connectivity index (χ2n) is 5.08. The molecule has 0 radical (unpaired) electrons. The van der Waals surface area contributed by atoms with Gasteiger partial charge in [-0.25, -0.2) is 0 Å². The zero-order valence-corrected chi connectivity index (χ0v) is 13.0. The van der Waals surface area contributed by atoms with E-state index < -0.39 is 0 Å². The van der Waals surface area contributed by atoms with Crippen molar-refractivity contribution >= 4 is 28.9 Å². The summed E-state index contributed by atoms with van der Waals surface area (Å²) in [4.78, 5) is 14.3. The van der Waals surface area contributed by atoms with Crippen LogP contribution in [-0.4, -0.2) is 26.8 Å². The molecule has 1 aliphatic heterocycles. The molecule has 0 saturated heterocycles. The highest BCUT2D eigenvalue weighted by atomic mass is 35.5. The van der Waals surface area contributed by atoms with E-state index in [9.17, 15) is 4.79 Å². The number of halogens is 1. The van der Waals surface area contributed by atoms with Gasteiger partial charge in [-0.05, 0) is 18.2 Å². The van der Waals surface area contributed by atoms with Gasteiger partial charge in [0.15, 0.2) is 11.5 Å². The zero-order chi connectivity index (χ0) is 15.7. The second-order valence-corrected chi connectivity index (χ2v) is 5.49. The molecule has 1 heterocycles. The van der Waals surface area contributed by atoms with Crippen LogP contribution >= 0.6 is 11.6 Å². The molecule has 3 rings (SSSR count). The molecule has 6 heteroatoms. The number of nitrogens with one attached hydrogen (secondary N) is 1. The molecule has 0 aromatic heterocycles. The standard InChI is InChI=1S/C16H15ClN2O3/c1-19(2)11-5-3-4-10(6-11)16(20)18-13-8-15-14(7-12(13)17)21-9-22-15/h3-8H,9H2,1-2H3,(H,18,20). The molecule has 2 aromatic carbocycles. The molecule has 1 N–H and O–H groups in total. The summed E-state index contributed by atoms with van der Waals surface area (Å²) in [5, 5.41) is 3.20. The number of anilines is 2. The van der Waals surface area contributed by atoms with E-state index in [1.54, 1.807) is 18.2 Å². The van der Waals surface area contributed by atoms with E-state index in [1.807, 2.05) is 37.2 Å². The van der Waals surface area contributed by atoms with Crippen molar-refractivity contribution in [2.75, 3.05) is 31.1 Å². The van der Waals surface area contributed by atoms with E-state index in [-0.39, 0.29) is 12.7 Å². The summed E-state index contributed by atoms with van der Waals surface area (Å²) in [6, 6.07) is 10.6. The first-order valence-electron chi connectivity index (χ1n) is 6.72. The van der Waals surface area contributed by atoms with Crippen LogP contribution in [0.2, 0.25) is 5.02 Å². The number of carbonyl (C=O) groups is 1. The molecule has 1 amide bonds. The first-order valence-corrected chi connectivity index (χ1v) is 7.10. The van der Waals surface area contributed by atoms with Gasteiger partial charge in [0.2, 0.25) is 6.79 Å². The van der Waals surface area contributed by atoms with Crippen LogP contribution < -0.4 is 19.7 Å². The van der Waals surface area contributed by atoms with E-state index in [0.29, 0.717) is 27.8 Å². The Balaban J connectivity index is 1.84. The maximum Gasteiger partial charge on any atom is 0.255 e. The van der Waals surface area contributed by atoms with Gasteiger partial charge in [-0.1, -0.05) is 17.7 Å². The third kappa shape index (κ3) is 2.80. The average molecular weight is 319 g/mol. The lowest BCUT2D eigenvalue weighted by Crippen LogP contribution is -2.14. The SMILES string of the molecule is CN(C)c1cccc(C(=O)Nc2cc3c(cc2Cl)OCO3)c1. The lowest BCUT2D eigenvalue weighted by Gasteiger charge is -2.14. The highest BCUT2D eigenvalue weighted by Gasteiger charge is 2.18. The Morgan fingerprint density at radius 1 is 1.18 bits per heavy atom. The van der Waals surface area contributed by atoms with Crippen molar-refractivity contribution in [3.63, 3.8) is 0 Å². The van der Waals surface area contributed by atoms with E-state index in [1.165, 1.54) is 0 Å². The van der Waals surface area contributed by atoms with Gasteiger partial charge in [-0.2, -0.15) is 0 Å². The summed E-state index contributed by atoms with van der Waals surface area (Å²) in [6.45, 7) is 0.161. The van der Waals surface area contributed by atoms with Crippen LogP contribution in [0.4, 0.5) is 11.4 Å². The summed E-state index contributed by atoms with van der Waals surface area (Å²) in [7, 11) is 3.84. The van der Waals surface area contributed by atoms with Crippen LogP contribution in [0.5, 0.6) is 11.5 Å². The molecule has 0 aliphatic carbocycles. The van der Waals surface area contributed by atoms with Crippen LogP contribution in [0.3, 0.4) is 0 Å². The fourth-order valence-electron chi connectivity index (χ4n) is 2.13. The Labute approximate surface area is 133 Å². The van der Waals surface area contributed by atoms with Crippen LogP contribution in [0.25, 0.3) is 0 Å². The summed E-state index contributed by atoms with van der Waals surface area (Å²) in [5.41, 5.74) is 2.00. The highest BCUT2D eigenvalue weighted by Crippen LogP contribution is 2.39. The molecule has 2 aromatic rings. The Bertz CT molecular complexity index is 731. The zero-order valence-electron chi connectivity index (χ0n) is 12.2. The van der Waals surface area contributed by atoms with Gasteiger partial charge in [-0.3, -0.25) is 4.79 Å². The molecular formula is C16H15ClN2O3. The van der Waals surface area contributed by atoms with Gasteiger partial charge in [-0.15, -0.1) is 0 Å². The minimum atomic E-state index is -0.232. The molecule has 22 heavy (non-hydrogen) atoms. The van der Waals surface area contributed by atoms with E-state index in [0.717, 1.165) is 5.69 Å². The van der Waals surface area contributed by atoms with Crippen molar-refractivity contribution in [2.24, 2.45) is 0 Å². The van der Waals surface area contributed by atoms with Gasteiger partial charge in [0.25, 0.3) is 5.91 Å². The number of carbonyl (C=O) groups excluding carboxylic acids is 1. The average Bonchev–Trinajstić information content (AvgIpc) is 2.94. The number of nitrogens with zero attached hydrogens (tertiary/aromatic N) is 1. The Hall–Kier alpha value is -2.40. The van der Waals surface area contributed by atoms with Crippen molar-refractivity contribution in [1.29, 1.82) is 0 Å². The van der Waals surface area contributed by atoms with Gasteiger partial charge in [0, 0.05) is 37.5 Å². The van der Waals surface area contributed by atoms with E-state index in [2.05, 4.69) is 5.32 Å². The number of benzene rings is 2. The van der Waals surface area contributed by atoms with Crippen molar-refractivity contribution in [2.45, 2.75) is 0 Å². The van der Waals surface area contributed by atoms with Crippen molar-refractivity contribution in [3.8, 4) is 11.5 Å². The van der Waals surface area contributed by atoms with Crippen LogP contribution in [0, 0.1) is 0 Å². The first-order chi connectivity index (χ1) is 10.5. The first kappa shape index (κ1) is 14.5. The highest BCUT2D eigenvalue weighted by molar-refractivity contribution is 6.34. The van der Waals surface area contributed by atoms with Crippen LogP contribution in [0.1, 0.15) is 10.4 Å². The molecule has 0 fully saturated rings. The Kier molecular flexibility index (Phi) is 3.81. The lowest BCUT2D eigenvalue weighted by molar-refractivity contribution is 0.102. The summed E-state index contributed by atoms with van der Waals surface area (Å²) >= 11 is 6.16. The smallest absolute Gasteiger partial charge is 0.255 e. The van der Waals surface area contributed by atoms with Crippen molar-refractivity contribution in [1.82, 2.24) is 0 Å². The molecule has 1 aliphatic rings. The summed E-state index contributed by atoms with van der Waals surface area (Å²) in [6.07, 6.45) is 0. The lowest BCUT2D eigenvalue weighted by atomic mass is 10.1. The number of amides is 1. The predicted octanol–water partition coefficient (Wildman–Crippen LogP) is 3.39. The molecule has 0 atom stereocenters. The number of hydrogen-bond acceptors (Lipinski definition) is 4. The summed E-state index contributed by atoms with van der Waals surface area (Å²) < 4.78 is 10.5. The van der Waals surface area contributed by atoms with Crippen LogP contribution in [-0.2, 0) is 0 Å². The minimum absolute atomic E-state index is 0.161. The molecule has 114 valence electrons. The number of ether oxygens (including phenoxy) is 2. The maximum absolute atomic E-state index is 12.4. The monoisotopic (exact) mass is 318 g/mol. The van der Waals surface area contributed by atoms with Crippen molar-refractivity contribution < 1.29 is 14.3 Å². The fraction of sp³-hybridized carbons (Fsp3) is 0.188. The predicted molar refractivity (Wildman–Crippen MR) is 86.3 cm³/mol. The second kappa shape index (κ2) is 5.77. The number of hydrogen-bond donors (Lipinski definition) is 1. The van der Waals surface area contributed by atoms with E-state index >= 15 is 0 Å². The molecule has 5 nitrogen and oxygen atoms in total. The van der Waals surface area contributed by atoms with Gasteiger partial charge >= 0.3 is 0 Å². The molecular weight excluding hydrogens is 304 g/mol.